The molecule has 1 aliphatic rings. The first-order valence-electron chi connectivity index (χ1n) is 11.0. The Labute approximate surface area is 186 Å². The van der Waals surface area contributed by atoms with Gasteiger partial charge < -0.3 is 26.1 Å². The van der Waals surface area contributed by atoms with E-state index < -0.39 is 0 Å². The van der Waals surface area contributed by atoms with E-state index in [1.807, 2.05) is 48.5 Å². The Bertz CT molecular complexity index is 1050. The van der Waals surface area contributed by atoms with Gasteiger partial charge >= 0.3 is 6.03 Å². The number of para-hydroxylation sites is 2. The fraction of sp³-hybridized carbons (Fsp3) is 0.375. The van der Waals surface area contributed by atoms with Gasteiger partial charge in [-0.1, -0.05) is 37.1 Å². The third-order valence-corrected chi connectivity index (χ3v) is 6.09. The van der Waals surface area contributed by atoms with Crippen LogP contribution in [-0.4, -0.2) is 35.1 Å². The van der Waals surface area contributed by atoms with E-state index in [-0.39, 0.29) is 29.9 Å². The van der Waals surface area contributed by atoms with Crippen molar-refractivity contribution in [3.05, 3.63) is 59.9 Å². The van der Waals surface area contributed by atoms with Crippen LogP contribution in [0.1, 0.15) is 43.1 Å². The minimum absolute atomic E-state index is 0.251. The molecule has 1 heterocycles. The summed E-state index contributed by atoms with van der Waals surface area (Å²) in [7, 11) is 1.63. The van der Waals surface area contributed by atoms with Gasteiger partial charge in [0.2, 0.25) is 5.91 Å². The minimum Gasteiger partial charge on any atom is -0.497 e. The zero-order valence-corrected chi connectivity index (χ0v) is 18.1. The third kappa shape index (κ3) is 5.01. The van der Waals surface area contributed by atoms with Crippen LogP contribution in [0.15, 0.2) is 48.5 Å². The van der Waals surface area contributed by atoms with Crippen LogP contribution in [0.4, 0.5) is 4.79 Å². The number of imidazole rings is 1. The number of ether oxygens (including phenoxy) is 1. The number of hydrogen-bond donors (Lipinski definition) is 4. The molecule has 8 nitrogen and oxygen atoms in total. The Morgan fingerprint density at radius 3 is 2.62 bits per heavy atom. The SMILES string of the molecule is COc1ccc(C[C@@H](NC(=O)NC2CCCCC2C(N)=O)c2nc3ccccc3[nH]2)cc1. The summed E-state index contributed by atoms with van der Waals surface area (Å²) in [5.74, 6) is 0.754. The molecule has 1 aromatic heterocycles. The maximum absolute atomic E-state index is 12.9. The highest BCUT2D eigenvalue weighted by Crippen LogP contribution is 2.25. The number of carbonyl (C=O) groups excluding carboxylic acids is 2. The molecule has 0 bridgehead atoms. The molecule has 3 atom stereocenters. The van der Waals surface area contributed by atoms with E-state index in [1.165, 1.54) is 0 Å². The molecule has 0 aliphatic heterocycles. The third-order valence-electron chi connectivity index (χ3n) is 6.09. The Kier molecular flexibility index (Phi) is 6.58. The largest absolute Gasteiger partial charge is 0.497 e. The zero-order valence-electron chi connectivity index (χ0n) is 18.1. The molecule has 1 saturated carbocycles. The maximum atomic E-state index is 12.9. The molecular formula is C24H29N5O3. The Morgan fingerprint density at radius 1 is 1.16 bits per heavy atom. The number of benzene rings is 2. The molecule has 0 radical (unpaired) electrons. The number of carbonyl (C=O) groups is 2. The van der Waals surface area contributed by atoms with E-state index in [2.05, 4.69) is 20.6 Å². The quantitative estimate of drug-likeness (QED) is 0.455. The van der Waals surface area contributed by atoms with Gasteiger partial charge in [-0.2, -0.15) is 0 Å². The van der Waals surface area contributed by atoms with E-state index in [4.69, 9.17) is 10.5 Å². The number of aromatic nitrogens is 2. The number of rotatable bonds is 7. The van der Waals surface area contributed by atoms with Crippen molar-refractivity contribution in [3.63, 3.8) is 0 Å². The zero-order chi connectivity index (χ0) is 22.5. The summed E-state index contributed by atoms with van der Waals surface area (Å²) in [6.45, 7) is 0. The summed E-state index contributed by atoms with van der Waals surface area (Å²) < 4.78 is 5.24. The second kappa shape index (κ2) is 9.72. The van der Waals surface area contributed by atoms with E-state index in [1.54, 1.807) is 7.11 Å². The average molecular weight is 436 g/mol. The van der Waals surface area contributed by atoms with E-state index in [9.17, 15) is 9.59 Å². The van der Waals surface area contributed by atoms with Crippen molar-refractivity contribution >= 4 is 23.0 Å². The van der Waals surface area contributed by atoms with Gasteiger partial charge in [0.1, 0.15) is 11.6 Å². The van der Waals surface area contributed by atoms with Gasteiger partial charge in [-0.05, 0) is 49.1 Å². The molecule has 32 heavy (non-hydrogen) atoms. The highest BCUT2D eigenvalue weighted by atomic mass is 16.5. The summed E-state index contributed by atoms with van der Waals surface area (Å²) >= 11 is 0. The summed E-state index contributed by atoms with van der Waals surface area (Å²) in [5.41, 5.74) is 8.34. The molecule has 8 heteroatoms. The number of nitrogens with two attached hydrogens (primary N) is 1. The van der Waals surface area contributed by atoms with Gasteiger partial charge in [0, 0.05) is 6.04 Å². The monoisotopic (exact) mass is 435 g/mol. The van der Waals surface area contributed by atoms with Crippen LogP contribution in [0.3, 0.4) is 0 Å². The highest BCUT2D eigenvalue weighted by Gasteiger charge is 2.31. The number of hydrogen-bond acceptors (Lipinski definition) is 4. The predicted octanol–water partition coefficient (Wildman–Crippen LogP) is 3.20. The number of fused-ring (bicyclic) bond motifs is 1. The lowest BCUT2D eigenvalue weighted by molar-refractivity contribution is -0.123. The number of nitrogens with one attached hydrogen (secondary N) is 3. The van der Waals surface area contributed by atoms with Crippen LogP contribution in [0.25, 0.3) is 11.0 Å². The molecular weight excluding hydrogens is 406 g/mol. The van der Waals surface area contributed by atoms with Crippen LogP contribution < -0.4 is 21.1 Å². The number of urea groups is 1. The molecule has 4 rings (SSSR count). The molecule has 1 fully saturated rings. The molecule has 168 valence electrons. The van der Waals surface area contributed by atoms with Gasteiger partial charge in [-0.3, -0.25) is 4.79 Å². The number of primary amides is 1. The molecule has 2 unspecified atom stereocenters. The number of nitrogens with zero attached hydrogens (tertiary/aromatic N) is 1. The lowest BCUT2D eigenvalue weighted by atomic mass is 9.84. The predicted molar refractivity (Wildman–Crippen MR) is 122 cm³/mol. The van der Waals surface area contributed by atoms with Crippen molar-refractivity contribution in [2.45, 2.75) is 44.2 Å². The average Bonchev–Trinajstić information content (AvgIpc) is 3.24. The van der Waals surface area contributed by atoms with Crippen LogP contribution in [0.2, 0.25) is 0 Å². The van der Waals surface area contributed by atoms with E-state index in [0.717, 1.165) is 41.6 Å². The van der Waals surface area contributed by atoms with E-state index in [0.29, 0.717) is 18.7 Å². The highest BCUT2D eigenvalue weighted by molar-refractivity contribution is 5.80. The van der Waals surface area contributed by atoms with Crippen molar-refractivity contribution in [1.82, 2.24) is 20.6 Å². The number of aromatic amines is 1. The van der Waals surface area contributed by atoms with Crippen molar-refractivity contribution in [2.24, 2.45) is 11.7 Å². The number of H-pyrrole nitrogens is 1. The molecule has 2 aromatic carbocycles. The second-order valence-corrected chi connectivity index (χ2v) is 8.26. The summed E-state index contributed by atoms with van der Waals surface area (Å²) in [6.07, 6.45) is 3.91. The number of methoxy groups -OCH3 is 1. The lowest BCUT2D eigenvalue weighted by Gasteiger charge is -2.30. The Balaban J connectivity index is 1.53. The van der Waals surface area contributed by atoms with Gasteiger partial charge in [0.15, 0.2) is 0 Å². The molecule has 3 amide bonds. The van der Waals surface area contributed by atoms with Crippen LogP contribution >= 0.6 is 0 Å². The van der Waals surface area contributed by atoms with Crippen LogP contribution in [0, 0.1) is 5.92 Å². The second-order valence-electron chi connectivity index (χ2n) is 8.26. The lowest BCUT2D eigenvalue weighted by Crippen LogP contribution is -2.51. The van der Waals surface area contributed by atoms with E-state index >= 15 is 0 Å². The molecule has 0 spiro atoms. The van der Waals surface area contributed by atoms with Gasteiger partial charge in [0.05, 0.1) is 30.1 Å². The summed E-state index contributed by atoms with van der Waals surface area (Å²) in [5, 5.41) is 6.03. The maximum Gasteiger partial charge on any atom is 0.315 e. The van der Waals surface area contributed by atoms with Crippen molar-refractivity contribution < 1.29 is 14.3 Å². The summed E-state index contributed by atoms with van der Waals surface area (Å²) in [4.78, 5) is 32.8. The fourth-order valence-electron chi connectivity index (χ4n) is 4.36. The first-order valence-corrected chi connectivity index (χ1v) is 11.0. The topological polar surface area (TPSA) is 122 Å². The smallest absolute Gasteiger partial charge is 0.315 e. The summed E-state index contributed by atoms with van der Waals surface area (Å²) in [6, 6.07) is 14.5. The van der Waals surface area contributed by atoms with Crippen molar-refractivity contribution in [3.8, 4) is 5.75 Å². The Morgan fingerprint density at radius 2 is 1.91 bits per heavy atom. The fourth-order valence-corrected chi connectivity index (χ4v) is 4.36. The minimum atomic E-state index is -0.383. The van der Waals surface area contributed by atoms with Gasteiger partial charge in [0.25, 0.3) is 0 Å². The van der Waals surface area contributed by atoms with Crippen molar-refractivity contribution in [2.75, 3.05) is 7.11 Å². The normalized spacial score (nSPS) is 19.3. The number of amides is 3. The van der Waals surface area contributed by atoms with Crippen molar-refractivity contribution in [1.29, 1.82) is 0 Å². The molecule has 5 N–H and O–H groups in total. The van der Waals surface area contributed by atoms with Gasteiger partial charge in [-0.15, -0.1) is 0 Å². The first-order chi connectivity index (χ1) is 15.5. The van der Waals surface area contributed by atoms with Crippen LogP contribution in [-0.2, 0) is 11.2 Å². The standard InChI is InChI=1S/C24H29N5O3/c1-32-16-12-10-15(11-13-16)14-21(23-26-19-8-4-5-9-20(19)27-23)29-24(31)28-18-7-3-2-6-17(18)22(25)30/h4-5,8-13,17-18,21H,2-3,6-7,14H2,1H3,(H2,25,30)(H,26,27)(H2,28,29,31)/t17?,18?,21-/m1/s1. The Hall–Kier alpha value is -3.55. The van der Waals surface area contributed by atoms with Gasteiger partial charge in [-0.25, -0.2) is 9.78 Å². The molecule has 0 saturated heterocycles. The van der Waals surface area contributed by atoms with Crippen LogP contribution in [0.5, 0.6) is 5.75 Å². The molecule has 1 aliphatic carbocycles. The molecule has 3 aromatic rings. The first kappa shape index (κ1) is 21.7.